The van der Waals surface area contributed by atoms with Crippen molar-refractivity contribution in [3.63, 3.8) is 0 Å². The summed E-state index contributed by atoms with van der Waals surface area (Å²) in [6, 6.07) is 12.6. The van der Waals surface area contributed by atoms with Crippen LogP contribution in [0.5, 0.6) is 11.5 Å². The Morgan fingerprint density at radius 1 is 1.10 bits per heavy atom. The zero-order chi connectivity index (χ0) is 19.8. The summed E-state index contributed by atoms with van der Waals surface area (Å²) >= 11 is 6.20. The van der Waals surface area contributed by atoms with Gasteiger partial charge >= 0.3 is 0 Å². The summed E-state index contributed by atoms with van der Waals surface area (Å²) in [4.78, 5) is 14.7. The number of benzene rings is 2. The lowest BCUT2D eigenvalue weighted by atomic mass is 9.97. The number of amides is 1. The Kier molecular flexibility index (Phi) is 4.60. The molecule has 0 spiro atoms. The topological polar surface area (TPSA) is 77.7 Å². The molecule has 1 amide bonds. The lowest BCUT2D eigenvalue weighted by molar-refractivity contribution is 0.0698. The Morgan fingerprint density at radius 3 is 2.86 bits per heavy atom. The quantitative estimate of drug-likeness (QED) is 0.644. The highest BCUT2D eigenvalue weighted by molar-refractivity contribution is 6.33. The van der Waals surface area contributed by atoms with Gasteiger partial charge in [-0.15, -0.1) is 10.2 Å². The SMILES string of the molecule is O=C(c1ccccc1Cl)N1CCC[C@H](c2nnc(-c3ccc4c(c3)OCO4)o2)C1. The number of ether oxygens (including phenoxy) is 2. The maximum atomic E-state index is 12.9. The number of carbonyl (C=O) groups is 1. The minimum Gasteiger partial charge on any atom is -0.454 e. The van der Waals surface area contributed by atoms with Crippen LogP contribution in [0, 0.1) is 0 Å². The maximum absolute atomic E-state index is 12.9. The molecule has 0 bridgehead atoms. The monoisotopic (exact) mass is 411 g/mol. The van der Waals surface area contributed by atoms with Crippen molar-refractivity contribution in [2.24, 2.45) is 0 Å². The minimum atomic E-state index is -0.0733. The van der Waals surface area contributed by atoms with Gasteiger partial charge in [-0.05, 0) is 43.2 Å². The van der Waals surface area contributed by atoms with Gasteiger partial charge in [0.25, 0.3) is 5.91 Å². The van der Waals surface area contributed by atoms with Crippen molar-refractivity contribution in [1.82, 2.24) is 15.1 Å². The average molecular weight is 412 g/mol. The van der Waals surface area contributed by atoms with Crippen molar-refractivity contribution in [3.8, 4) is 23.0 Å². The highest BCUT2D eigenvalue weighted by Gasteiger charge is 2.30. The first-order chi connectivity index (χ1) is 14.2. The fraction of sp³-hybridized carbons (Fsp3) is 0.286. The van der Waals surface area contributed by atoms with Crippen LogP contribution in [-0.2, 0) is 0 Å². The Morgan fingerprint density at radius 2 is 1.97 bits per heavy atom. The molecule has 1 aromatic heterocycles. The molecule has 0 radical (unpaired) electrons. The van der Waals surface area contributed by atoms with Gasteiger partial charge in [0, 0.05) is 18.7 Å². The zero-order valence-electron chi connectivity index (χ0n) is 15.5. The number of rotatable bonds is 3. The average Bonchev–Trinajstić information content (AvgIpc) is 3.43. The van der Waals surface area contributed by atoms with E-state index in [0.29, 0.717) is 47.0 Å². The molecular formula is C21H18ClN3O4. The molecule has 7 nitrogen and oxygen atoms in total. The van der Waals surface area contributed by atoms with Crippen molar-refractivity contribution < 1.29 is 18.7 Å². The lowest BCUT2D eigenvalue weighted by Crippen LogP contribution is -2.39. The van der Waals surface area contributed by atoms with Gasteiger partial charge in [-0.3, -0.25) is 4.79 Å². The number of nitrogens with zero attached hydrogens (tertiary/aromatic N) is 3. The number of aromatic nitrogens is 2. The summed E-state index contributed by atoms with van der Waals surface area (Å²) in [6.07, 6.45) is 1.75. The number of piperidine rings is 1. The Labute approximate surface area is 172 Å². The van der Waals surface area contributed by atoms with Crippen LogP contribution in [0.4, 0.5) is 0 Å². The second-order valence-corrected chi connectivity index (χ2v) is 7.49. The van der Waals surface area contributed by atoms with E-state index < -0.39 is 0 Å². The molecule has 3 heterocycles. The molecule has 1 atom stereocenters. The first-order valence-electron chi connectivity index (χ1n) is 9.46. The first-order valence-corrected chi connectivity index (χ1v) is 9.84. The second kappa shape index (κ2) is 7.40. The number of hydrogen-bond donors (Lipinski definition) is 0. The van der Waals surface area contributed by atoms with Crippen LogP contribution in [0.25, 0.3) is 11.5 Å². The molecule has 29 heavy (non-hydrogen) atoms. The van der Waals surface area contributed by atoms with E-state index in [1.807, 2.05) is 30.3 Å². The van der Waals surface area contributed by atoms with Gasteiger partial charge in [-0.2, -0.15) is 0 Å². The van der Waals surface area contributed by atoms with Gasteiger partial charge in [-0.1, -0.05) is 23.7 Å². The third-order valence-corrected chi connectivity index (χ3v) is 5.55. The Hall–Kier alpha value is -3.06. The number of hydrogen-bond acceptors (Lipinski definition) is 6. The van der Waals surface area contributed by atoms with Gasteiger partial charge in [0.1, 0.15) is 0 Å². The highest BCUT2D eigenvalue weighted by Crippen LogP contribution is 2.36. The van der Waals surface area contributed by atoms with E-state index in [9.17, 15) is 4.79 Å². The summed E-state index contributed by atoms with van der Waals surface area (Å²) in [6.45, 7) is 1.42. The molecule has 2 aliphatic heterocycles. The van der Waals surface area contributed by atoms with E-state index >= 15 is 0 Å². The van der Waals surface area contributed by atoms with Crippen molar-refractivity contribution in [2.75, 3.05) is 19.9 Å². The predicted octanol–water partition coefficient (Wildman–Crippen LogP) is 4.14. The predicted molar refractivity (Wildman–Crippen MR) is 105 cm³/mol. The molecule has 148 valence electrons. The van der Waals surface area contributed by atoms with E-state index in [2.05, 4.69) is 10.2 Å². The largest absolute Gasteiger partial charge is 0.454 e. The zero-order valence-corrected chi connectivity index (χ0v) is 16.3. The van der Waals surface area contributed by atoms with Gasteiger partial charge in [0.2, 0.25) is 18.6 Å². The van der Waals surface area contributed by atoms with E-state index in [1.54, 1.807) is 17.0 Å². The van der Waals surface area contributed by atoms with Crippen LogP contribution < -0.4 is 9.47 Å². The molecule has 0 unspecified atom stereocenters. The van der Waals surface area contributed by atoms with Gasteiger partial charge in [0.15, 0.2) is 11.5 Å². The fourth-order valence-electron chi connectivity index (χ4n) is 3.71. The van der Waals surface area contributed by atoms with E-state index in [0.717, 1.165) is 18.4 Å². The molecule has 3 aromatic rings. The minimum absolute atomic E-state index is 0.00884. The number of likely N-dealkylation sites (tertiary alicyclic amines) is 1. The maximum Gasteiger partial charge on any atom is 0.255 e. The third kappa shape index (κ3) is 3.42. The standard InChI is InChI=1S/C21H18ClN3O4/c22-16-6-2-1-5-15(16)21(26)25-9-3-4-14(11-25)20-24-23-19(29-20)13-7-8-17-18(10-13)28-12-27-17/h1-2,5-8,10,14H,3-4,9,11-12H2/t14-/m0/s1. The first kappa shape index (κ1) is 18.0. The van der Waals surface area contributed by atoms with E-state index in [1.165, 1.54) is 0 Å². The molecule has 5 rings (SSSR count). The normalized spacial score (nSPS) is 18.1. The van der Waals surface area contributed by atoms with Crippen molar-refractivity contribution in [3.05, 3.63) is 58.9 Å². The van der Waals surface area contributed by atoms with E-state index in [-0.39, 0.29) is 18.6 Å². The molecule has 8 heteroatoms. The number of carbonyl (C=O) groups excluding carboxylic acids is 1. The third-order valence-electron chi connectivity index (χ3n) is 5.22. The summed E-state index contributed by atoms with van der Waals surface area (Å²) in [5.74, 6) is 2.24. The van der Waals surface area contributed by atoms with Gasteiger partial charge in [0.05, 0.1) is 16.5 Å². The second-order valence-electron chi connectivity index (χ2n) is 7.08. The highest BCUT2D eigenvalue weighted by atomic mass is 35.5. The molecule has 0 N–H and O–H groups in total. The molecular weight excluding hydrogens is 394 g/mol. The van der Waals surface area contributed by atoms with Crippen molar-refractivity contribution in [1.29, 1.82) is 0 Å². The van der Waals surface area contributed by atoms with Crippen LogP contribution in [0.1, 0.15) is 35.0 Å². The number of fused-ring (bicyclic) bond motifs is 1. The van der Waals surface area contributed by atoms with Crippen LogP contribution in [0.3, 0.4) is 0 Å². The van der Waals surface area contributed by atoms with Crippen molar-refractivity contribution >= 4 is 17.5 Å². The molecule has 0 saturated carbocycles. The lowest BCUT2D eigenvalue weighted by Gasteiger charge is -2.31. The van der Waals surface area contributed by atoms with Crippen LogP contribution in [0.2, 0.25) is 5.02 Å². The summed E-state index contributed by atoms with van der Waals surface area (Å²) in [5.41, 5.74) is 1.29. The summed E-state index contributed by atoms with van der Waals surface area (Å²) < 4.78 is 16.7. The van der Waals surface area contributed by atoms with Gasteiger partial charge < -0.3 is 18.8 Å². The van der Waals surface area contributed by atoms with E-state index in [4.69, 9.17) is 25.5 Å². The van der Waals surface area contributed by atoms with Crippen molar-refractivity contribution in [2.45, 2.75) is 18.8 Å². The fourth-order valence-corrected chi connectivity index (χ4v) is 3.93. The summed E-state index contributed by atoms with van der Waals surface area (Å²) in [7, 11) is 0. The molecule has 0 aliphatic carbocycles. The molecule has 2 aromatic carbocycles. The smallest absolute Gasteiger partial charge is 0.255 e. The molecule has 1 saturated heterocycles. The summed E-state index contributed by atoms with van der Waals surface area (Å²) in [5, 5.41) is 8.89. The Bertz CT molecular complexity index is 1070. The molecule has 1 fully saturated rings. The Balaban J connectivity index is 1.34. The number of halogens is 1. The van der Waals surface area contributed by atoms with Crippen LogP contribution >= 0.6 is 11.6 Å². The molecule has 2 aliphatic rings. The van der Waals surface area contributed by atoms with Crippen LogP contribution in [0.15, 0.2) is 46.9 Å². The van der Waals surface area contributed by atoms with Crippen LogP contribution in [-0.4, -0.2) is 40.9 Å². The van der Waals surface area contributed by atoms with Gasteiger partial charge in [-0.25, -0.2) is 0 Å².